The van der Waals surface area contributed by atoms with Crippen molar-refractivity contribution in [2.24, 2.45) is 11.3 Å². The number of alkyl carbamates (subject to hydrolysis) is 2. The van der Waals surface area contributed by atoms with Crippen molar-refractivity contribution < 1.29 is 28.6 Å². The van der Waals surface area contributed by atoms with Crippen LogP contribution in [0.15, 0.2) is 0 Å². The van der Waals surface area contributed by atoms with E-state index in [1.807, 2.05) is 27.7 Å². The smallest absolute Gasteiger partial charge is 0.407 e. The number of amides is 2. The standard InChI is InChI=1S/C23H42N2O6/c1-9-17(25-20(28)31-22(5,6)7)16(18(26)29-8)15-23(11-10-12-23)13-14-24-19(27)30-21(2,3)4/h16-17H,9-15H2,1-8H3,(H,24,27)(H,25,28)/t16?,17-/m1/s1. The molecule has 0 heterocycles. The Hall–Kier alpha value is -1.99. The normalized spacial score (nSPS) is 17.5. The molecule has 1 rings (SSSR count). The van der Waals surface area contributed by atoms with E-state index in [4.69, 9.17) is 14.2 Å². The van der Waals surface area contributed by atoms with Crippen LogP contribution in [0.2, 0.25) is 0 Å². The minimum atomic E-state index is -0.619. The van der Waals surface area contributed by atoms with Crippen molar-refractivity contribution in [2.45, 2.75) is 104 Å². The molecule has 0 spiro atoms. The Bertz CT molecular complexity index is 617. The monoisotopic (exact) mass is 442 g/mol. The van der Waals surface area contributed by atoms with Crippen LogP contribution < -0.4 is 10.6 Å². The lowest BCUT2D eigenvalue weighted by atomic mass is 9.61. The zero-order valence-corrected chi connectivity index (χ0v) is 20.6. The lowest BCUT2D eigenvalue weighted by Gasteiger charge is -2.45. The van der Waals surface area contributed by atoms with E-state index in [-0.39, 0.29) is 11.4 Å². The molecule has 0 bridgehead atoms. The summed E-state index contributed by atoms with van der Waals surface area (Å²) in [6.07, 6.45) is 3.94. The van der Waals surface area contributed by atoms with Gasteiger partial charge in [-0.3, -0.25) is 4.79 Å². The van der Waals surface area contributed by atoms with Crippen LogP contribution in [0.25, 0.3) is 0 Å². The molecule has 0 saturated heterocycles. The molecule has 0 radical (unpaired) electrons. The molecule has 31 heavy (non-hydrogen) atoms. The predicted octanol–water partition coefficient (Wildman–Crippen LogP) is 4.55. The molecule has 0 aromatic heterocycles. The summed E-state index contributed by atoms with van der Waals surface area (Å²) in [6, 6.07) is -0.390. The van der Waals surface area contributed by atoms with Gasteiger partial charge < -0.3 is 24.8 Å². The quantitative estimate of drug-likeness (QED) is 0.401. The fraction of sp³-hybridized carbons (Fsp3) is 0.870. The van der Waals surface area contributed by atoms with Gasteiger partial charge in [0.05, 0.1) is 13.0 Å². The van der Waals surface area contributed by atoms with Crippen molar-refractivity contribution >= 4 is 18.2 Å². The molecular weight excluding hydrogens is 400 g/mol. The highest BCUT2D eigenvalue weighted by atomic mass is 16.6. The minimum absolute atomic E-state index is 0.0725. The fourth-order valence-electron chi connectivity index (χ4n) is 3.93. The van der Waals surface area contributed by atoms with Gasteiger partial charge in [0.2, 0.25) is 0 Å². The van der Waals surface area contributed by atoms with Crippen LogP contribution in [-0.4, -0.2) is 49.1 Å². The van der Waals surface area contributed by atoms with E-state index < -0.39 is 35.3 Å². The predicted molar refractivity (Wildman–Crippen MR) is 119 cm³/mol. The molecule has 2 amide bonds. The molecule has 180 valence electrons. The number of methoxy groups -OCH3 is 1. The fourth-order valence-corrected chi connectivity index (χ4v) is 3.93. The maximum absolute atomic E-state index is 12.6. The Kier molecular flexibility index (Phi) is 9.64. The third-order valence-electron chi connectivity index (χ3n) is 5.52. The average molecular weight is 443 g/mol. The van der Waals surface area contributed by atoms with Crippen molar-refractivity contribution in [2.75, 3.05) is 13.7 Å². The highest BCUT2D eigenvalue weighted by Gasteiger charge is 2.43. The Morgan fingerprint density at radius 1 is 0.968 bits per heavy atom. The van der Waals surface area contributed by atoms with Crippen LogP contribution in [0.4, 0.5) is 9.59 Å². The highest BCUT2D eigenvalue weighted by Crippen LogP contribution is 2.49. The first-order chi connectivity index (χ1) is 14.2. The average Bonchev–Trinajstić information content (AvgIpc) is 2.57. The number of nitrogens with one attached hydrogen (secondary N) is 2. The molecule has 0 aliphatic heterocycles. The Balaban J connectivity index is 2.79. The Labute approximate surface area is 187 Å². The number of esters is 1. The summed E-state index contributed by atoms with van der Waals surface area (Å²) in [7, 11) is 1.37. The van der Waals surface area contributed by atoms with Gasteiger partial charge >= 0.3 is 18.2 Å². The highest BCUT2D eigenvalue weighted by molar-refractivity contribution is 5.75. The van der Waals surface area contributed by atoms with E-state index in [9.17, 15) is 14.4 Å². The number of hydrogen-bond donors (Lipinski definition) is 2. The number of carbonyl (C=O) groups excluding carboxylic acids is 3. The van der Waals surface area contributed by atoms with Gasteiger partial charge in [0.15, 0.2) is 0 Å². The molecule has 8 heteroatoms. The second-order valence-electron chi connectivity index (χ2n) is 10.5. The van der Waals surface area contributed by atoms with Crippen LogP contribution in [0.1, 0.15) is 87.0 Å². The SMILES string of the molecule is CC[C@@H](NC(=O)OC(C)(C)C)C(CC1(CCNC(=O)OC(C)(C)C)CCC1)C(=O)OC. The maximum atomic E-state index is 12.6. The van der Waals surface area contributed by atoms with E-state index in [1.54, 1.807) is 20.8 Å². The second-order valence-corrected chi connectivity index (χ2v) is 10.5. The van der Waals surface area contributed by atoms with Crippen LogP contribution in [0.5, 0.6) is 0 Å². The van der Waals surface area contributed by atoms with E-state index in [0.717, 1.165) is 25.7 Å². The van der Waals surface area contributed by atoms with Crippen LogP contribution in [0, 0.1) is 11.3 Å². The van der Waals surface area contributed by atoms with Gasteiger partial charge in [-0.25, -0.2) is 9.59 Å². The summed E-state index contributed by atoms with van der Waals surface area (Å²) >= 11 is 0. The number of hydrogen-bond acceptors (Lipinski definition) is 6. The largest absolute Gasteiger partial charge is 0.469 e. The lowest BCUT2D eigenvalue weighted by Crippen LogP contribution is -2.48. The van der Waals surface area contributed by atoms with E-state index in [1.165, 1.54) is 7.11 Å². The van der Waals surface area contributed by atoms with Gasteiger partial charge in [-0.1, -0.05) is 13.3 Å². The first-order valence-corrected chi connectivity index (χ1v) is 11.2. The molecule has 1 fully saturated rings. The summed E-state index contributed by atoms with van der Waals surface area (Å²) in [5.41, 5.74) is -1.24. The third-order valence-corrected chi connectivity index (χ3v) is 5.52. The van der Waals surface area contributed by atoms with Crippen molar-refractivity contribution in [1.29, 1.82) is 0 Å². The topological polar surface area (TPSA) is 103 Å². The summed E-state index contributed by atoms with van der Waals surface area (Å²) < 4.78 is 15.7. The molecule has 1 saturated carbocycles. The Morgan fingerprint density at radius 3 is 1.94 bits per heavy atom. The van der Waals surface area contributed by atoms with Crippen LogP contribution in [-0.2, 0) is 19.0 Å². The van der Waals surface area contributed by atoms with E-state index >= 15 is 0 Å². The van der Waals surface area contributed by atoms with E-state index in [2.05, 4.69) is 10.6 Å². The molecular formula is C23H42N2O6. The zero-order valence-electron chi connectivity index (χ0n) is 20.6. The van der Waals surface area contributed by atoms with Crippen molar-refractivity contribution in [3.63, 3.8) is 0 Å². The minimum Gasteiger partial charge on any atom is -0.469 e. The van der Waals surface area contributed by atoms with Crippen LogP contribution >= 0.6 is 0 Å². The zero-order chi connectivity index (χ0) is 23.9. The molecule has 2 atom stereocenters. The summed E-state index contributed by atoms with van der Waals surface area (Å²) in [5, 5.41) is 5.67. The molecule has 2 N–H and O–H groups in total. The molecule has 0 aromatic carbocycles. The molecule has 1 aliphatic rings. The number of ether oxygens (including phenoxy) is 3. The molecule has 1 aliphatic carbocycles. The Morgan fingerprint density at radius 2 is 1.52 bits per heavy atom. The lowest BCUT2D eigenvalue weighted by molar-refractivity contribution is -0.148. The molecule has 1 unspecified atom stereocenters. The summed E-state index contributed by atoms with van der Waals surface area (Å²) in [4.78, 5) is 36.9. The number of rotatable bonds is 9. The van der Waals surface area contributed by atoms with Crippen molar-refractivity contribution in [1.82, 2.24) is 10.6 Å². The summed E-state index contributed by atoms with van der Waals surface area (Å²) in [6.45, 7) is 13.3. The van der Waals surface area contributed by atoms with E-state index in [0.29, 0.717) is 19.4 Å². The number of carbonyl (C=O) groups is 3. The van der Waals surface area contributed by atoms with Gasteiger partial charge in [-0.15, -0.1) is 0 Å². The third kappa shape index (κ3) is 9.78. The van der Waals surface area contributed by atoms with Gasteiger partial charge in [-0.2, -0.15) is 0 Å². The molecule has 8 nitrogen and oxygen atoms in total. The van der Waals surface area contributed by atoms with Crippen molar-refractivity contribution in [3.8, 4) is 0 Å². The first-order valence-electron chi connectivity index (χ1n) is 11.2. The molecule has 0 aromatic rings. The van der Waals surface area contributed by atoms with Crippen molar-refractivity contribution in [3.05, 3.63) is 0 Å². The summed E-state index contributed by atoms with van der Waals surface area (Å²) in [5.74, 6) is -0.821. The van der Waals surface area contributed by atoms with Gasteiger partial charge in [0.1, 0.15) is 11.2 Å². The van der Waals surface area contributed by atoms with Gasteiger partial charge in [-0.05, 0) is 79.1 Å². The van der Waals surface area contributed by atoms with Gasteiger partial charge in [0.25, 0.3) is 0 Å². The second kappa shape index (κ2) is 11.0. The van der Waals surface area contributed by atoms with Gasteiger partial charge in [0, 0.05) is 12.6 Å². The maximum Gasteiger partial charge on any atom is 0.407 e. The first kappa shape index (κ1) is 27.0. The van der Waals surface area contributed by atoms with Crippen LogP contribution in [0.3, 0.4) is 0 Å².